The maximum Gasteiger partial charge on any atom is 0.251 e. The van der Waals surface area contributed by atoms with Crippen LogP contribution in [-0.2, 0) is 24.4 Å². The van der Waals surface area contributed by atoms with Gasteiger partial charge in [-0.15, -0.1) is 0 Å². The number of carbonyl (C=O) groups is 2. The number of rotatable bonds is 3. The van der Waals surface area contributed by atoms with Gasteiger partial charge in [-0.1, -0.05) is 0 Å². The minimum Gasteiger partial charge on any atom is -0.441 e. The van der Waals surface area contributed by atoms with E-state index in [9.17, 15) is 9.59 Å². The van der Waals surface area contributed by atoms with E-state index < -0.39 is 0 Å². The Balaban J connectivity index is 1.44. The highest BCUT2D eigenvalue weighted by Gasteiger charge is 2.18. The van der Waals surface area contributed by atoms with Crippen LogP contribution >= 0.6 is 0 Å². The number of hydrogen-bond donors (Lipinski definition) is 1. The van der Waals surface area contributed by atoms with Crippen molar-refractivity contribution in [2.75, 3.05) is 6.54 Å². The van der Waals surface area contributed by atoms with E-state index in [2.05, 4.69) is 15.4 Å². The number of fused-ring (bicyclic) bond motifs is 2. The Morgan fingerprint density at radius 1 is 1.26 bits per heavy atom. The number of aromatic nitrogens is 3. The van der Waals surface area contributed by atoms with Crippen LogP contribution in [-0.4, -0.2) is 38.0 Å². The van der Waals surface area contributed by atoms with Crippen molar-refractivity contribution in [3.05, 3.63) is 47.1 Å². The van der Waals surface area contributed by atoms with Crippen LogP contribution < -0.4 is 5.32 Å². The molecule has 2 aromatic heterocycles. The standard InChI is InChI=1S/C19H21N5O3/c1-12-21-17-5-4-14(8-18(17)27-12)19(26)20-10-15-9-16-11-23(13(2)25)6-3-7-24(16)22-15/h4-5,8-9H,3,6-7,10-11H2,1-2H3,(H,20,26). The Morgan fingerprint density at radius 2 is 2.11 bits per heavy atom. The molecule has 1 aliphatic rings. The number of aryl methyl sites for hydroxylation is 2. The van der Waals surface area contributed by atoms with Gasteiger partial charge in [-0.05, 0) is 30.7 Å². The predicted molar refractivity (Wildman–Crippen MR) is 97.9 cm³/mol. The van der Waals surface area contributed by atoms with E-state index in [0.717, 1.165) is 36.4 Å². The van der Waals surface area contributed by atoms with Gasteiger partial charge in [0.15, 0.2) is 11.5 Å². The summed E-state index contributed by atoms with van der Waals surface area (Å²) < 4.78 is 7.40. The summed E-state index contributed by atoms with van der Waals surface area (Å²) >= 11 is 0. The molecule has 1 aliphatic heterocycles. The van der Waals surface area contributed by atoms with Crippen LogP contribution in [0.2, 0.25) is 0 Å². The monoisotopic (exact) mass is 367 g/mol. The fraction of sp³-hybridized carbons (Fsp3) is 0.368. The van der Waals surface area contributed by atoms with Crippen molar-refractivity contribution in [3.8, 4) is 0 Å². The first-order chi connectivity index (χ1) is 13.0. The van der Waals surface area contributed by atoms with Gasteiger partial charge in [-0.25, -0.2) is 4.98 Å². The van der Waals surface area contributed by atoms with Gasteiger partial charge >= 0.3 is 0 Å². The highest BCUT2D eigenvalue weighted by Crippen LogP contribution is 2.17. The fourth-order valence-corrected chi connectivity index (χ4v) is 3.33. The first kappa shape index (κ1) is 17.3. The maximum atomic E-state index is 12.4. The third kappa shape index (κ3) is 3.55. The normalized spacial score (nSPS) is 14.1. The van der Waals surface area contributed by atoms with Crippen LogP contribution in [0.25, 0.3) is 11.1 Å². The van der Waals surface area contributed by atoms with Crippen LogP contribution in [0.3, 0.4) is 0 Å². The number of nitrogens with zero attached hydrogens (tertiary/aromatic N) is 4. The molecule has 4 rings (SSSR count). The molecule has 0 radical (unpaired) electrons. The van der Waals surface area contributed by atoms with Gasteiger partial charge < -0.3 is 14.6 Å². The second-order valence-electron chi connectivity index (χ2n) is 6.74. The molecule has 0 bridgehead atoms. The van der Waals surface area contributed by atoms with E-state index in [4.69, 9.17) is 4.42 Å². The van der Waals surface area contributed by atoms with Gasteiger partial charge in [0, 0.05) is 32.5 Å². The maximum absolute atomic E-state index is 12.4. The first-order valence-corrected chi connectivity index (χ1v) is 8.96. The van der Waals surface area contributed by atoms with Crippen molar-refractivity contribution in [2.45, 2.75) is 39.9 Å². The summed E-state index contributed by atoms with van der Waals surface area (Å²) in [5.41, 5.74) is 3.61. The molecule has 3 aromatic rings. The Labute approximate surface area is 156 Å². The molecule has 2 amide bonds. The predicted octanol–water partition coefficient (Wildman–Crippen LogP) is 2.01. The number of carbonyl (C=O) groups excluding carboxylic acids is 2. The van der Waals surface area contributed by atoms with Crippen molar-refractivity contribution >= 4 is 22.9 Å². The summed E-state index contributed by atoms with van der Waals surface area (Å²) in [5, 5.41) is 7.45. The highest BCUT2D eigenvalue weighted by molar-refractivity contribution is 5.96. The summed E-state index contributed by atoms with van der Waals surface area (Å²) in [6.07, 6.45) is 0.872. The molecule has 0 unspecified atom stereocenters. The molecule has 8 nitrogen and oxygen atoms in total. The number of nitrogens with one attached hydrogen (secondary N) is 1. The van der Waals surface area contributed by atoms with Gasteiger partial charge in [0.05, 0.1) is 24.5 Å². The van der Waals surface area contributed by atoms with E-state index in [0.29, 0.717) is 30.1 Å². The fourth-order valence-electron chi connectivity index (χ4n) is 3.33. The summed E-state index contributed by atoms with van der Waals surface area (Å²) in [6, 6.07) is 7.14. The molecule has 3 heterocycles. The summed E-state index contributed by atoms with van der Waals surface area (Å²) in [6.45, 7) is 5.75. The average molecular weight is 367 g/mol. The van der Waals surface area contributed by atoms with E-state index in [1.807, 2.05) is 15.6 Å². The first-order valence-electron chi connectivity index (χ1n) is 8.96. The molecule has 1 aromatic carbocycles. The number of hydrogen-bond acceptors (Lipinski definition) is 5. The minimum absolute atomic E-state index is 0.0672. The molecular formula is C19H21N5O3. The Kier molecular flexibility index (Phi) is 4.39. The van der Waals surface area contributed by atoms with Crippen LogP contribution in [0.4, 0.5) is 0 Å². The van der Waals surface area contributed by atoms with Gasteiger partial charge in [0.25, 0.3) is 5.91 Å². The van der Waals surface area contributed by atoms with Gasteiger partial charge in [0.2, 0.25) is 5.91 Å². The number of benzene rings is 1. The Morgan fingerprint density at radius 3 is 2.93 bits per heavy atom. The van der Waals surface area contributed by atoms with Crippen LogP contribution in [0, 0.1) is 6.92 Å². The van der Waals surface area contributed by atoms with Crippen LogP contribution in [0.1, 0.15) is 41.0 Å². The molecule has 140 valence electrons. The van der Waals surface area contributed by atoms with E-state index in [1.165, 1.54) is 0 Å². The highest BCUT2D eigenvalue weighted by atomic mass is 16.3. The van der Waals surface area contributed by atoms with Gasteiger partial charge in [0.1, 0.15) is 5.52 Å². The number of amides is 2. The molecule has 0 saturated heterocycles. The third-order valence-electron chi connectivity index (χ3n) is 4.70. The number of oxazole rings is 1. The summed E-state index contributed by atoms with van der Waals surface area (Å²) in [7, 11) is 0. The second-order valence-corrected chi connectivity index (χ2v) is 6.74. The zero-order chi connectivity index (χ0) is 19.0. The lowest BCUT2D eigenvalue weighted by atomic mass is 10.2. The zero-order valence-electron chi connectivity index (χ0n) is 15.4. The lowest BCUT2D eigenvalue weighted by Gasteiger charge is -2.17. The molecular weight excluding hydrogens is 346 g/mol. The third-order valence-corrected chi connectivity index (χ3v) is 4.70. The van der Waals surface area contributed by atoms with Crippen molar-refractivity contribution in [1.29, 1.82) is 0 Å². The lowest BCUT2D eigenvalue weighted by Crippen LogP contribution is -2.28. The van der Waals surface area contributed by atoms with Gasteiger partial charge in [-0.2, -0.15) is 5.10 Å². The smallest absolute Gasteiger partial charge is 0.251 e. The van der Waals surface area contributed by atoms with E-state index >= 15 is 0 Å². The van der Waals surface area contributed by atoms with E-state index in [1.54, 1.807) is 32.0 Å². The average Bonchev–Trinajstić information content (AvgIpc) is 3.14. The molecule has 1 N–H and O–H groups in total. The minimum atomic E-state index is -0.195. The van der Waals surface area contributed by atoms with Crippen LogP contribution in [0.5, 0.6) is 0 Å². The van der Waals surface area contributed by atoms with Crippen molar-refractivity contribution in [3.63, 3.8) is 0 Å². The SMILES string of the molecule is CC(=O)N1CCCn2nc(CNC(=O)c3ccc4nc(C)oc4c3)cc2C1. The molecule has 0 atom stereocenters. The van der Waals surface area contributed by atoms with Crippen LogP contribution in [0.15, 0.2) is 28.7 Å². The quantitative estimate of drug-likeness (QED) is 0.764. The summed E-state index contributed by atoms with van der Waals surface area (Å²) in [5.74, 6) is 0.443. The lowest BCUT2D eigenvalue weighted by molar-refractivity contribution is -0.129. The van der Waals surface area contributed by atoms with E-state index in [-0.39, 0.29) is 11.8 Å². The molecule has 8 heteroatoms. The Hall–Kier alpha value is -3.16. The molecule has 0 saturated carbocycles. The molecule has 0 fully saturated rings. The summed E-state index contributed by atoms with van der Waals surface area (Å²) in [4.78, 5) is 30.2. The molecule has 27 heavy (non-hydrogen) atoms. The topological polar surface area (TPSA) is 93.3 Å². The van der Waals surface area contributed by atoms with Crippen molar-refractivity contribution in [1.82, 2.24) is 25.0 Å². The van der Waals surface area contributed by atoms with Crippen molar-refractivity contribution < 1.29 is 14.0 Å². The molecule has 0 spiro atoms. The molecule has 0 aliphatic carbocycles. The largest absolute Gasteiger partial charge is 0.441 e. The Bertz CT molecular complexity index is 1020. The zero-order valence-corrected chi connectivity index (χ0v) is 15.4. The van der Waals surface area contributed by atoms with Gasteiger partial charge in [-0.3, -0.25) is 14.3 Å². The second kappa shape index (κ2) is 6.86. The van der Waals surface area contributed by atoms with Crippen molar-refractivity contribution in [2.24, 2.45) is 0 Å².